The molecule has 0 aliphatic carbocycles. The summed E-state index contributed by atoms with van der Waals surface area (Å²) in [6.07, 6.45) is 1.64. The molecule has 3 aromatic rings. The number of thioether (sulfide) groups is 1. The SMILES string of the molecule is NC(=NCc1ccco1)SCc1ccc(-c2ccccc2)cc1. The predicted molar refractivity (Wildman–Crippen MR) is 97.2 cm³/mol. The zero-order valence-corrected chi connectivity index (χ0v) is 13.5. The van der Waals surface area contributed by atoms with Gasteiger partial charge in [-0.1, -0.05) is 66.4 Å². The number of rotatable bonds is 5. The van der Waals surface area contributed by atoms with Crippen molar-refractivity contribution in [2.75, 3.05) is 0 Å². The lowest BCUT2D eigenvalue weighted by Crippen LogP contribution is -2.07. The maximum absolute atomic E-state index is 5.93. The summed E-state index contributed by atoms with van der Waals surface area (Å²) in [4.78, 5) is 4.31. The van der Waals surface area contributed by atoms with Crippen molar-refractivity contribution in [3.63, 3.8) is 0 Å². The van der Waals surface area contributed by atoms with Crippen molar-refractivity contribution < 1.29 is 4.42 Å². The van der Waals surface area contributed by atoms with E-state index in [4.69, 9.17) is 10.2 Å². The maximum Gasteiger partial charge on any atom is 0.154 e. The first-order valence-corrected chi connectivity index (χ1v) is 8.39. The fourth-order valence-corrected chi connectivity index (χ4v) is 2.85. The van der Waals surface area contributed by atoms with E-state index in [9.17, 15) is 0 Å². The van der Waals surface area contributed by atoms with Gasteiger partial charge in [-0.05, 0) is 28.8 Å². The van der Waals surface area contributed by atoms with Crippen LogP contribution >= 0.6 is 11.8 Å². The largest absolute Gasteiger partial charge is 0.467 e. The van der Waals surface area contributed by atoms with E-state index in [-0.39, 0.29) is 0 Å². The van der Waals surface area contributed by atoms with Gasteiger partial charge in [0.1, 0.15) is 5.76 Å². The highest BCUT2D eigenvalue weighted by atomic mass is 32.2. The van der Waals surface area contributed by atoms with Crippen molar-refractivity contribution in [1.29, 1.82) is 0 Å². The van der Waals surface area contributed by atoms with Crippen molar-refractivity contribution in [3.8, 4) is 11.1 Å². The van der Waals surface area contributed by atoms with Crippen molar-refractivity contribution in [2.24, 2.45) is 10.7 Å². The molecule has 3 rings (SSSR count). The first kappa shape index (κ1) is 15.4. The van der Waals surface area contributed by atoms with E-state index in [1.165, 1.54) is 28.5 Å². The van der Waals surface area contributed by atoms with Crippen LogP contribution in [0.2, 0.25) is 0 Å². The summed E-state index contributed by atoms with van der Waals surface area (Å²) in [6.45, 7) is 0.485. The molecule has 0 saturated carbocycles. The molecule has 0 atom stereocenters. The zero-order valence-electron chi connectivity index (χ0n) is 12.7. The van der Waals surface area contributed by atoms with Gasteiger partial charge in [0.05, 0.1) is 12.8 Å². The van der Waals surface area contributed by atoms with Gasteiger partial charge in [0, 0.05) is 5.75 Å². The first-order valence-electron chi connectivity index (χ1n) is 7.41. The van der Waals surface area contributed by atoms with Gasteiger partial charge in [-0.25, -0.2) is 0 Å². The average Bonchev–Trinajstić information content (AvgIpc) is 3.13. The van der Waals surface area contributed by atoms with Crippen molar-refractivity contribution in [3.05, 3.63) is 84.3 Å². The Labute approximate surface area is 140 Å². The van der Waals surface area contributed by atoms with Gasteiger partial charge in [-0.3, -0.25) is 4.99 Å². The van der Waals surface area contributed by atoms with Crippen LogP contribution in [0.4, 0.5) is 0 Å². The number of nitrogens with zero attached hydrogens (tertiary/aromatic N) is 1. The van der Waals surface area contributed by atoms with Crippen molar-refractivity contribution in [1.82, 2.24) is 0 Å². The fraction of sp³-hybridized carbons (Fsp3) is 0.105. The Morgan fingerprint density at radius 1 is 0.913 bits per heavy atom. The van der Waals surface area contributed by atoms with E-state index >= 15 is 0 Å². The van der Waals surface area contributed by atoms with E-state index in [0.29, 0.717) is 11.7 Å². The van der Waals surface area contributed by atoms with E-state index < -0.39 is 0 Å². The highest BCUT2D eigenvalue weighted by Crippen LogP contribution is 2.21. The summed E-state index contributed by atoms with van der Waals surface area (Å²) in [5.41, 5.74) is 9.61. The second kappa shape index (κ2) is 7.70. The second-order valence-electron chi connectivity index (χ2n) is 5.09. The molecule has 0 unspecified atom stereocenters. The minimum absolute atomic E-state index is 0.485. The smallest absolute Gasteiger partial charge is 0.154 e. The number of nitrogens with two attached hydrogens (primary N) is 1. The molecule has 2 N–H and O–H groups in total. The number of hydrogen-bond acceptors (Lipinski definition) is 3. The lowest BCUT2D eigenvalue weighted by Gasteiger charge is -2.04. The number of aliphatic imine (C=N–C) groups is 1. The molecule has 0 fully saturated rings. The van der Waals surface area contributed by atoms with Crippen LogP contribution in [0.25, 0.3) is 11.1 Å². The third-order valence-electron chi connectivity index (χ3n) is 3.42. The molecule has 0 spiro atoms. The van der Waals surface area contributed by atoms with Gasteiger partial charge in [-0.15, -0.1) is 0 Å². The summed E-state index contributed by atoms with van der Waals surface area (Å²) >= 11 is 1.54. The fourth-order valence-electron chi connectivity index (χ4n) is 2.19. The van der Waals surface area contributed by atoms with E-state index in [1.807, 2.05) is 18.2 Å². The van der Waals surface area contributed by atoms with E-state index in [1.54, 1.807) is 6.26 Å². The molecule has 0 amide bonds. The Hall–Kier alpha value is -2.46. The Balaban J connectivity index is 1.55. The highest BCUT2D eigenvalue weighted by Gasteiger charge is 2.00. The lowest BCUT2D eigenvalue weighted by molar-refractivity contribution is 0.513. The van der Waals surface area contributed by atoms with Gasteiger partial charge in [0.15, 0.2) is 5.17 Å². The Morgan fingerprint density at radius 3 is 2.35 bits per heavy atom. The van der Waals surface area contributed by atoms with Crippen molar-refractivity contribution in [2.45, 2.75) is 12.3 Å². The van der Waals surface area contributed by atoms with Crippen LogP contribution in [0.5, 0.6) is 0 Å². The normalized spacial score (nSPS) is 11.6. The summed E-state index contributed by atoms with van der Waals surface area (Å²) in [5, 5.41) is 0.577. The van der Waals surface area contributed by atoms with Crippen LogP contribution in [0, 0.1) is 0 Å². The van der Waals surface area contributed by atoms with Gasteiger partial charge in [0.25, 0.3) is 0 Å². The van der Waals surface area contributed by atoms with Crippen LogP contribution in [-0.4, -0.2) is 5.17 Å². The summed E-state index contributed by atoms with van der Waals surface area (Å²) < 4.78 is 5.23. The Kier molecular flexibility index (Phi) is 5.17. The summed E-state index contributed by atoms with van der Waals surface area (Å²) in [6, 6.07) is 22.6. The number of benzene rings is 2. The third-order valence-corrected chi connectivity index (χ3v) is 4.32. The molecule has 0 saturated heterocycles. The minimum Gasteiger partial charge on any atom is -0.467 e. The van der Waals surface area contributed by atoms with Crippen LogP contribution in [0.3, 0.4) is 0 Å². The van der Waals surface area contributed by atoms with Gasteiger partial charge >= 0.3 is 0 Å². The maximum atomic E-state index is 5.93. The van der Waals surface area contributed by atoms with Crippen LogP contribution in [0.15, 0.2) is 82.4 Å². The lowest BCUT2D eigenvalue weighted by atomic mass is 10.0. The molecule has 0 aliphatic rings. The Morgan fingerprint density at radius 2 is 1.65 bits per heavy atom. The quantitative estimate of drug-likeness (QED) is 0.547. The number of furan rings is 1. The molecule has 23 heavy (non-hydrogen) atoms. The average molecular weight is 322 g/mol. The second-order valence-corrected chi connectivity index (χ2v) is 6.08. The molecular weight excluding hydrogens is 304 g/mol. The predicted octanol–water partition coefficient (Wildman–Crippen LogP) is 4.69. The van der Waals surface area contributed by atoms with E-state index in [0.717, 1.165) is 11.5 Å². The highest BCUT2D eigenvalue weighted by molar-refractivity contribution is 8.13. The number of hydrogen-bond donors (Lipinski definition) is 1. The van der Waals surface area contributed by atoms with Gasteiger partial charge in [-0.2, -0.15) is 0 Å². The monoisotopic (exact) mass is 322 g/mol. The molecular formula is C19H18N2OS. The first-order chi connectivity index (χ1) is 11.3. The summed E-state index contributed by atoms with van der Waals surface area (Å²) in [5.74, 6) is 1.63. The van der Waals surface area contributed by atoms with E-state index in [2.05, 4.69) is 53.5 Å². The minimum atomic E-state index is 0.485. The molecule has 116 valence electrons. The van der Waals surface area contributed by atoms with Crippen molar-refractivity contribution >= 4 is 16.9 Å². The molecule has 4 heteroatoms. The molecule has 2 aromatic carbocycles. The van der Waals surface area contributed by atoms with Gasteiger partial charge in [0.2, 0.25) is 0 Å². The molecule has 0 aliphatic heterocycles. The summed E-state index contributed by atoms with van der Waals surface area (Å²) in [7, 11) is 0. The molecule has 3 nitrogen and oxygen atoms in total. The van der Waals surface area contributed by atoms with Crippen LogP contribution in [-0.2, 0) is 12.3 Å². The third kappa shape index (κ3) is 4.50. The topological polar surface area (TPSA) is 51.5 Å². The Bertz CT molecular complexity index is 750. The molecule has 0 bridgehead atoms. The zero-order chi connectivity index (χ0) is 15.9. The number of amidine groups is 1. The molecule has 0 radical (unpaired) electrons. The standard InChI is InChI=1S/C19H18N2OS/c20-19(21-13-18-7-4-12-22-18)23-14-15-8-10-17(11-9-15)16-5-2-1-3-6-16/h1-12H,13-14H2,(H2,20,21). The van der Waals surface area contributed by atoms with Gasteiger partial charge < -0.3 is 10.2 Å². The molecule has 1 aromatic heterocycles. The van der Waals surface area contributed by atoms with Crippen LogP contribution in [0.1, 0.15) is 11.3 Å². The van der Waals surface area contributed by atoms with Crippen LogP contribution < -0.4 is 5.73 Å². The molecule has 1 heterocycles.